The van der Waals surface area contributed by atoms with Crippen molar-refractivity contribution in [2.75, 3.05) is 6.54 Å². The number of hydrogen-bond donors (Lipinski definition) is 0. The third kappa shape index (κ3) is 1.14. The maximum atomic E-state index is 7.89. The second kappa shape index (κ2) is 2.58. The fourth-order valence-electron chi connectivity index (χ4n) is 0.827. The van der Waals surface area contributed by atoms with E-state index in [1.807, 2.05) is 0 Å². The Labute approximate surface area is 48.3 Å². The van der Waals surface area contributed by atoms with Gasteiger partial charge in [-0.3, -0.25) is 0 Å². The van der Waals surface area contributed by atoms with Gasteiger partial charge in [-0.15, -0.1) is 0 Å². The average molecular weight is 111 g/mol. The molecule has 44 valence electrons. The molecule has 1 fully saturated rings. The SMILES string of the molecule is [N-]=[N+]=NCC1CCC1. The minimum atomic E-state index is 0.714. The third-order valence-electron chi connectivity index (χ3n) is 1.63. The van der Waals surface area contributed by atoms with Crippen LogP contribution in [0, 0.1) is 5.92 Å². The van der Waals surface area contributed by atoms with Gasteiger partial charge in [-0.05, 0) is 11.4 Å². The molecule has 3 nitrogen and oxygen atoms in total. The van der Waals surface area contributed by atoms with E-state index in [0.717, 1.165) is 6.54 Å². The molecular formula is C5H9N3. The molecule has 0 heterocycles. The molecule has 0 unspecified atom stereocenters. The Morgan fingerprint density at radius 1 is 1.62 bits per heavy atom. The molecule has 3 heteroatoms. The van der Waals surface area contributed by atoms with E-state index in [1.54, 1.807) is 0 Å². The Morgan fingerprint density at radius 3 is 2.75 bits per heavy atom. The Hall–Kier alpha value is -0.690. The van der Waals surface area contributed by atoms with Crippen LogP contribution in [0.25, 0.3) is 10.4 Å². The molecule has 0 N–H and O–H groups in total. The lowest BCUT2D eigenvalue weighted by molar-refractivity contribution is 0.325. The maximum absolute atomic E-state index is 7.89. The van der Waals surface area contributed by atoms with E-state index in [-0.39, 0.29) is 0 Å². The lowest BCUT2D eigenvalue weighted by atomic mass is 9.86. The van der Waals surface area contributed by atoms with E-state index in [1.165, 1.54) is 19.3 Å². The Bertz CT molecular complexity index is 111. The van der Waals surface area contributed by atoms with Crippen LogP contribution in [-0.2, 0) is 0 Å². The molecule has 0 bridgehead atoms. The van der Waals surface area contributed by atoms with Crippen LogP contribution in [0.2, 0.25) is 0 Å². The summed E-state index contributed by atoms with van der Waals surface area (Å²) in [4.78, 5) is 2.68. The highest BCUT2D eigenvalue weighted by molar-refractivity contribution is 4.71. The van der Waals surface area contributed by atoms with Crippen LogP contribution in [0.15, 0.2) is 5.11 Å². The molecule has 0 amide bonds. The maximum Gasteiger partial charge on any atom is 0.0286 e. The quantitative estimate of drug-likeness (QED) is 0.297. The van der Waals surface area contributed by atoms with Gasteiger partial charge < -0.3 is 0 Å². The van der Waals surface area contributed by atoms with Crippen molar-refractivity contribution in [3.05, 3.63) is 10.4 Å². The van der Waals surface area contributed by atoms with Crippen LogP contribution in [0.3, 0.4) is 0 Å². The molecule has 0 aromatic heterocycles. The first-order chi connectivity index (χ1) is 3.93. The van der Waals surface area contributed by atoms with Crippen LogP contribution in [0.4, 0.5) is 0 Å². The molecule has 1 rings (SSSR count). The average Bonchev–Trinajstić information content (AvgIpc) is 1.63. The first-order valence-electron chi connectivity index (χ1n) is 2.94. The largest absolute Gasteiger partial charge is 0.0937 e. The van der Waals surface area contributed by atoms with Gasteiger partial charge in [-0.25, -0.2) is 0 Å². The lowest BCUT2D eigenvalue weighted by Gasteiger charge is -2.22. The molecule has 0 spiro atoms. The topological polar surface area (TPSA) is 48.8 Å². The lowest BCUT2D eigenvalue weighted by Crippen LogP contribution is -2.13. The van der Waals surface area contributed by atoms with Crippen molar-refractivity contribution in [1.29, 1.82) is 0 Å². The highest BCUT2D eigenvalue weighted by Crippen LogP contribution is 2.26. The van der Waals surface area contributed by atoms with Gasteiger partial charge in [0.05, 0.1) is 0 Å². The molecular weight excluding hydrogens is 102 g/mol. The summed E-state index contributed by atoms with van der Waals surface area (Å²) in [7, 11) is 0. The number of azide groups is 1. The highest BCUT2D eigenvalue weighted by Gasteiger charge is 2.15. The van der Waals surface area contributed by atoms with Gasteiger partial charge in [-0.2, -0.15) is 0 Å². The zero-order valence-corrected chi connectivity index (χ0v) is 4.75. The smallest absolute Gasteiger partial charge is 0.0286 e. The fourth-order valence-corrected chi connectivity index (χ4v) is 0.827. The summed E-state index contributed by atoms with van der Waals surface area (Å²) < 4.78 is 0. The van der Waals surface area contributed by atoms with E-state index in [2.05, 4.69) is 10.0 Å². The standard InChI is InChI=1S/C5H9N3/c6-8-7-4-5-2-1-3-5/h5H,1-4H2. The monoisotopic (exact) mass is 111 g/mol. The predicted octanol–water partition coefficient (Wildman–Crippen LogP) is 2.10. The molecule has 1 aliphatic rings. The van der Waals surface area contributed by atoms with E-state index >= 15 is 0 Å². The van der Waals surface area contributed by atoms with Crippen LogP contribution in [0.1, 0.15) is 19.3 Å². The molecule has 0 saturated heterocycles. The van der Waals surface area contributed by atoms with E-state index in [9.17, 15) is 0 Å². The summed E-state index contributed by atoms with van der Waals surface area (Å²) in [5.74, 6) is 0.714. The van der Waals surface area contributed by atoms with E-state index in [4.69, 9.17) is 5.53 Å². The minimum Gasteiger partial charge on any atom is -0.0937 e. The van der Waals surface area contributed by atoms with Crippen molar-refractivity contribution in [3.63, 3.8) is 0 Å². The van der Waals surface area contributed by atoms with Crippen molar-refractivity contribution in [2.24, 2.45) is 11.0 Å². The molecule has 0 aliphatic heterocycles. The van der Waals surface area contributed by atoms with Gasteiger partial charge in [0.1, 0.15) is 0 Å². The summed E-state index contributed by atoms with van der Waals surface area (Å²) in [6, 6.07) is 0. The second-order valence-corrected chi connectivity index (χ2v) is 2.21. The highest BCUT2D eigenvalue weighted by atomic mass is 15.1. The first kappa shape index (κ1) is 5.45. The number of rotatable bonds is 2. The number of hydrogen-bond acceptors (Lipinski definition) is 1. The summed E-state index contributed by atoms with van der Waals surface area (Å²) in [5.41, 5.74) is 7.89. The van der Waals surface area contributed by atoms with Crippen LogP contribution in [0.5, 0.6) is 0 Å². The van der Waals surface area contributed by atoms with Gasteiger partial charge in [-0.1, -0.05) is 24.4 Å². The zero-order chi connectivity index (χ0) is 5.82. The zero-order valence-electron chi connectivity index (χ0n) is 4.75. The summed E-state index contributed by atoms with van der Waals surface area (Å²) in [5, 5.41) is 3.47. The second-order valence-electron chi connectivity index (χ2n) is 2.21. The minimum absolute atomic E-state index is 0.714. The van der Waals surface area contributed by atoms with Crippen molar-refractivity contribution in [2.45, 2.75) is 19.3 Å². The first-order valence-corrected chi connectivity index (χ1v) is 2.94. The Morgan fingerprint density at radius 2 is 2.38 bits per heavy atom. The fraction of sp³-hybridized carbons (Fsp3) is 1.00. The molecule has 1 aliphatic carbocycles. The van der Waals surface area contributed by atoms with Crippen LogP contribution >= 0.6 is 0 Å². The van der Waals surface area contributed by atoms with Crippen molar-refractivity contribution in [1.82, 2.24) is 0 Å². The van der Waals surface area contributed by atoms with Crippen LogP contribution in [-0.4, -0.2) is 6.54 Å². The van der Waals surface area contributed by atoms with Gasteiger partial charge in [0.15, 0.2) is 0 Å². The normalized spacial score (nSPS) is 19.0. The Kier molecular flexibility index (Phi) is 1.75. The summed E-state index contributed by atoms with van der Waals surface area (Å²) in [6.45, 7) is 0.719. The Balaban J connectivity index is 2.09. The van der Waals surface area contributed by atoms with Gasteiger partial charge in [0.25, 0.3) is 0 Å². The molecule has 8 heavy (non-hydrogen) atoms. The van der Waals surface area contributed by atoms with Crippen molar-refractivity contribution >= 4 is 0 Å². The van der Waals surface area contributed by atoms with Crippen molar-refractivity contribution in [3.8, 4) is 0 Å². The van der Waals surface area contributed by atoms with E-state index in [0.29, 0.717) is 5.92 Å². The molecule has 0 aromatic rings. The van der Waals surface area contributed by atoms with Gasteiger partial charge >= 0.3 is 0 Å². The van der Waals surface area contributed by atoms with Crippen molar-refractivity contribution < 1.29 is 0 Å². The predicted molar refractivity (Wildman–Crippen MR) is 31.4 cm³/mol. The molecule has 0 radical (unpaired) electrons. The van der Waals surface area contributed by atoms with Gasteiger partial charge in [0.2, 0.25) is 0 Å². The number of nitrogens with zero attached hydrogens (tertiary/aromatic N) is 3. The van der Waals surface area contributed by atoms with Gasteiger partial charge in [0, 0.05) is 11.5 Å². The molecule has 0 aromatic carbocycles. The molecule has 0 atom stereocenters. The van der Waals surface area contributed by atoms with E-state index < -0.39 is 0 Å². The third-order valence-corrected chi connectivity index (χ3v) is 1.63. The van der Waals surface area contributed by atoms with Crippen LogP contribution < -0.4 is 0 Å². The summed E-state index contributed by atoms with van der Waals surface area (Å²) >= 11 is 0. The molecule has 1 saturated carbocycles. The summed E-state index contributed by atoms with van der Waals surface area (Å²) in [6.07, 6.45) is 3.85.